The Labute approximate surface area is 81.4 Å². The highest BCUT2D eigenvalue weighted by molar-refractivity contribution is 8.93. The zero-order valence-corrected chi connectivity index (χ0v) is 8.78. The number of hydrogen-bond acceptors (Lipinski definition) is 2. The zero-order valence-electron chi connectivity index (χ0n) is 5.36. The van der Waals surface area contributed by atoms with E-state index in [4.69, 9.17) is 5.73 Å². The fraction of sp³-hybridized carbons (Fsp3) is 0.167. The molecule has 58 valence electrons. The Kier molecular flexibility index (Phi) is 9.13. The van der Waals surface area contributed by atoms with Crippen LogP contribution in [-0.2, 0) is 6.54 Å². The Morgan fingerprint density at radius 3 is 2.00 bits per heavy atom. The molecular weight excluding hydrogens is 260 g/mol. The van der Waals surface area contributed by atoms with Crippen molar-refractivity contribution < 1.29 is 0 Å². The van der Waals surface area contributed by atoms with Crippen molar-refractivity contribution in [1.82, 2.24) is 4.98 Å². The minimum Gasteiger partial charge on any atom is -0.326 e. The molecule has 0 aromatic carbocycles. The van der Waals surface area contributed by atoms with Gasteiger partial charge in [0, 0.05) is 18.9 Å². The first-order chi connectivity index (χ1) is 3.93. The Morgan fingerprint density at radius 1 is 1.20 bits per heavy atom. The highest BCUT2D eigenvalue weighted by Gasteiger charge is 1.80. The lowest BCUT2D eigenvalue weighted by molar-refractivity contribution is 1.06. The van der Waals surface area contributed by atoms with E-state index in [1.54, 1.807) is 12.4 Å². The summed E-state index contributed by atoms with van der Waals surface area (Å²) in [4.78, 5) is 3.84. The molecule has 0 aliphatic carbocycles. The number of nitrogens with zero attached hydrogens (tertiary/aromatic N) is 1. The molecule has 0 unspecified atom stereocenters. The highest BCUT2D eigenvalue weighted by Crippen LogP contribution is 1.91. The molecule has 2 N–H and O–H groups in total. The van der Waals surface area contributed by atoms with Gasteiger partial charge in [-0.2, -0.15) is 0 Å². The van der Waals surface area contributed by atoms with E-state index in [0.29, 0.717) is 6.54 Å². The molecule has 0 bridgehead atoms. The fourth-order valence-electron chi connectivity index (χ4n) is 0.519. The van der Waals surface area contributed by atoms with Crippen LogP contribution in [0.2, 0.25) is 0 Å². The number of aromatic nitrogens is 1. The van der Waals surface area contributed by atoms with Crippen molar-refractivity contribution in [2.45, 2.75) is 6.54 Å². The Balaban J connectivity index is 0. The van der Waals surface area contributed by atoms with Crippen molar-refractivity contribution in [2.75, 3.05) is 0 Å². The summed E-state index contributed by atoms with van der Waals surface area (Å²) < 4.78 is 0. The lowest BCUT2D eigenvalue weighted by Gasteiger charge is -1.89. The second-order valence-corrected chi connectivity index (χ2v) is 1.56. The number of rotatable bonds is 1. The molecule has 1 aromatic heterocycles. The van der Waals surface area contributed by atoms with Gasteiger partial charge in [0.1, 0.15) is 0 Å². The molecule has 1 heterocycles. The Hall–Kier alpha value is 0.0700. The molecular formula is C6H10Br2N2. The number of halogens is 2. The summed E-state index contributed by atoms with van der Waals surface area (Å²) in [6, 6.07) is 3.81. The molecule has 0 aliphatic heterocycles. The molecule has 0 radical (unpaired) electrons. The summed E-state index contributed by atoms with van der Waals surface area (Å²) in [6.45, 7) is 0.600. The van der Waals surface area contributed by atoms with Gasteiger partial charge in [-0.1, -0.05) is 0 Å². The van der Waals surface area contributed by atoms with Crippen LogP contribution in [0.15, 0.2) is 24.5 Å². The monoisotopic (exact) mass is 268 g/mol. The molecule has 0 amide bonds. The molecule has 4 heteroatoms. The molecule has 0 fully saturated rings. The van der Waals surface area contributed by atoms with E-state index in [1.807, 2.05) is 12.1 Å². The molecule has 0 saturated carbocycles. The van der Waals surface area contributed by atoms with Crippen LogP contribution in [0.4, 0.5) is 0 Å². The van der Waals surface area contributed by atoms with Crippen LogP contribution in [0.5, 0.6) is 0 Å². The van der Waals surface area contributed by atoms with Gasteiger partial charge in [0.15, 0.2) is 0 Å². The minimum atomic E-state index is 0. The minimum absolute atomic E-state index is 0. The largest absolute Gasteiger partial charge is 0.326 e. The number of hydrogen-bond donors (Lipinski definition) is 1. The van der Waals surface area contributed by atoms with Crippen molar-refractivity contribution >= 4 is 34.0 Å². The SMILES string of the molecule is Br.Br.NCc1ccncc1. The van der Waals surface area contributed by atoms with Crippen molar-refractivity contribution in [3.05, 3.63) is 30.1 Å². The molecule has 2 nitrogen and oxygen atoms in total. The summed E-state index contributed by atoms with van der Waals surface area (Å²) in [7, 11) is 0. The zero-order chi connectivity index (χ0) is 5.82. The van der Waals surface area contributed by atoms with Crippen LogP contribution in [0.3, 0.4) is 0 Å². The smallest absolute Gasteiger partial charge is 0.0271 e. The standard InChI is InChI=1S/C6H8N2.2BrH/c7-5-6-1-3-8-4-2-6;;/h1-4H,5,7H2;2*1H. The average molecular weight is 270 g/mol. The topological polar surface area (TPSA) is 38.9 Å². The summed E-state index contributed by atoms with van der Waals surface area (Å²) >= 11 is 0. The first kappa shape index (κ1) is 12.7. The quantitative estimate of drug-likeness (QED) is 0.843. The van der Waals surface area contributed by atoms with Gasteiger partial charge < -0.3 is 5.73 Å². The van der Waals surface area contributed by atoms with Crippen LogP contribution in [0, 0.1) is 0 Å². The second kappa shape index (κ2) is 7.18. The summed E-state index contributed by atoms with van der Waals surface area (Å²) in [5.74, 6) is 0. The van der Waals surface area contributed by atoms with E-state index in [0.717, 1.165) is 5.56 Å². The normalized spacial score (nSPS) is 7.30. The van der Waals surface area contributed by atoms with E-state index in [9.17, 15) is 0 Å². The first-order valence-corrected chi connectivity index (χ1v) is 2.52. The number of nitrogens with two attached hydrogens (primary N) is 1. The predicted octanol–water partition coefficient (Wildman–Crippen LogP) is 1.70. The molecule has 1 rings (SSSR count). The third kappa shape index (κ3) is 3.98. The van der Waals surface area contributed by atoms with Gasteiger partial charge in [-0.3, -0.25) is 4.98 Å². The first-order valence-electron chi connectivity index (χ1n) is 2.52. The van der Waals surface area contributed by atoms with Gasteiger partial charge in [0.25, 0.3) is 0 Å². The molecule has 0 atom stereocenters. The average Bonchev–Trinajstić information content (AvgIpc) is 1.90. The van der Waals surface area contributed by atoms with Gasteiger partial charge in [-0.25, -0.2) is 0 Å². The maximum Gasteiger partial charge on any atom is 0.0271 e. The Morgan fingerprint density at radius 2 is 1.70 bits per heavy atom. The van der Waals surface area contributed by atoms with E-state index in [1.165, 1.54) is 0 Å². The molecule has 1 aromatic rings. The number of pyridine rings is 1. The van der Waals surface area contributed by atoms with Crippen LogP contribution in [0.25, 0.3) is 0 Å². The third-order valence-corrected chi connectivity index (χ3v) is 0.985. The van der Waals surface area contributed by atoms with Crippen molar-refractivity contribution in [1.29, 1.82) is 0 Å². The molecule has 10 heavy (non-hydrogen) atoms. The Bertz CT molecular complexity index is 155. The maximum absolute atomic E-state index is 5.32. The van der Waals surface area contributed by atoms with Gasteiger partial charge in [0.05, 0.1) is 0 Å². The van der Waals surface area contributed by atoms with Gasteiger partial charge in [-0.15, -0.1) is 34.0 Å². The highest BCUT2D eigenvalue weighted by atomic mass is 79.9. The lowest BCUT2D eigenvalue weighted by Crippen LogP contribution is -1.94. The fourth-order valence-corrected chi connectivity index (χ4v) is 0.519. The van der Waals surface area contributed by atoms with E-state index >= 15 is 0 Å². The summed E-state index contributed by atoms with van der Waals surface area (Å²) in [5, 5.41) is 0. The maximum atomic E-state index is 5.32. The lowest BCUT2D eigenvalue weighted by atomic mass is 10.3. The molecule has 0 saturated heterocycles. The third-order valence-electron chi connectivity index (χ3n) is 0.985. The van der Waals surface area contributed by atoms with Crippen LogP contribution in [-0.4, -0.2) is 4.98 Å². The second-order valence-electron chi connectivity index (χ2n) is 1.56. The predicted molar refractivity (Wildman–Crippen MR) is 52.8 cm³/mol. The summed E-state index contributed by atoms with van der Waals surface area (Å²) in [5.41, 5.74) is 6.45. The van der Waals surface area contributed by atoms with Crippen molar-refractivity contribution in [2.24, 2.45) is 5.73 Å². The van der Waals surface area contributed by atoms with E-state index in [2.05, 4.69) is 4.98 Å². The van der Waals surface area contributed by atoms with Crippen LogP contribution in [0.1, 0.15) is 5.56 Å². The summed E-state index contributed by atoms with van der Waals surface area (Å²) in [6.07, 6.45) is 3.48. The molecule has 0 spiro atoms. The van der Waals surface area contributed by atoms with Gasteiger partial charge in [-0.05, 0) is 17.7 Å². The molecule has 0 aliphatic rings. The van der Waals surface area contributed by atoms with Crippen LogP contribution >= 0.6 is 34.0 Å². The van der Waals surface area contributed by atoms with E-state index < -0.39 is 0 Å². The van der Waals surface area contributed by atoms with Crippen LogP contribution < -0.4 is 5.73 Å². The van der Waals surface area contributed by atoms with Gasteiger partial charge in [0.2, 0.25) is 0 Å². The van der Waals surface area contributed by atoms with Crippen molar-refractivity contribution in [3.63, 3.8) is 0 Å². The van der Waals surface area contributed by atoms with Gasteiger partial charge >= 0.3 is 0 Å². The van der Waals surface area contributed by atoms with Crippen molar-refractivity contribution in [3.8, 4) is 0 Å². The van der Waals surface area contributed by atoms with E-state index in [-0.39, 0.29) is 34.0 Å².